The number of aryl methyl sites for hydroxylation is 2. The summed E-state index contributed by atoms with van der Waals surface area (Å²) in [6, 6.07) is 14.6. The van der Waals surface area contributed by atoms with Crippen LogP contribution in [0.1, 0.15) is 16.7 Å². The van der Waals surface area contributed by atoms with E-state index in [-0.39, 0.29) is 17.1 Å². The summed E-state index contributed by atoms with van der Waals surface area (Å²) in [5.41, 5.74) is 3.15. The van der Waals surface area contributed by atoms with Crippen LogP contribution < -0.4 is 4.31 Å². The molecule has 0 aliphatic rings. The summed E-state index contributed by atoms with van der Waals surface area (Å²) in [7, 11) is -4.01. The first kappa shape index (κ1) is 19.1. The van der Waals surface area contributed by atoms with Crippen molar-refractivity contribution in [2.24, 2.45) is 0 Å². The highest BCUT2D eigenvalue weighted by molar-refractivity contribution is 7.93. The lowest BCUT2D eigenvalue weighted by atomic mass is 10.1. The molecule has 4 aromatic rings. The Labute approximate surface area is 168 Å². The minimum Gasteiger partial charge on any atom is -0.288 e. The second-order valence-electron chi connectivity index (χ2n) is 6.92. The Balaban J connectivity index is 1.90. The van der Waals surface area contributed by atoms with Gasteiger partial charge in [0, 0.05) is 6.20 Å². The highest BCUT2D eigenvalue weighted by Gasteiger charge is 2.28. The van der Waals surface area contributed by atoms with Crippen LogP contribution >= 0.6 is 0 Å². The van der Waals surface area contributed by atoms with Crippen LogP contribution in [0.2, 0.25) is 0 Å². The van der Waals surface area contributed by atoms with Crippen LogP contribution in [0.15, 0.2) is 72.0 Å². The summed E-state index contributed by atoms with van der Waals surface area (Å²) in [6.45, 7) is 3.80. The summed E-state index contributed by atoms with van der Waals surface area (Å²) in [5, 5.41) is 7.78. The van der Waals surface area contributed by atoms with Gasteiger partial charge in [-0.3, -0.25) is 8.71 Å². The topological polar surface area (TPSA) is 67.6 Å². The molecule has 8 heteroatoms. The lowest BCUT2D eigenvalue weighted by Crippen LogP contribution is -2.31. The van der Waals surface area contributed by atoms with Crippen LogP contribution in [0.5, 0.6) is 0 Å². The van der Waals surface area contributed by atoms with Crippen molar-refractivity contribution in [1.29, 1.82) is 0 Å². The van der Waals surface area contributed by atoms with E-state index in [1.54, 1.807) is 40.9 Å². The average Bonchev–Trinajstić information content (AvgIpc) is 3.14. The maximum Gasteiger partial charge on any atom is 0.268 e. The molecule has 2 aromatic heterocycles. The third-order valence-electron chi connectivity index (χ3n) is 4.57. The predicted octanol–water partition coefficient (Wildman–Crippen LogP) is 3.88. The molecule has 0 saturated heterocycles. The number of sulfonamides is 1. The van der Waals surface area contributed by atoms with E-state index in [1.807, 2.05) is 19.9 Å². The average molecular weight is 410 g/mol. The Hall–Kier alpha value is -3.26. The van der Waals surface area contributed by atoms with Gasteiger partial charge in [0.1, 0.15) is 17.0 Å². The van der Waals surface area contributed by atoms with E-state index in [4.69, 9.17) is 0 Å². The van der Waals surface area contributed by atoms with Gasteiger partial charge in [-0.05, 0) is 66.9 Å². The van der Waals surface area contributed by atoms with Crippen molar-refractivity contribution >= 4 is 21.4 Å². The zero-order chi connectivity index (χ0) is 20.6. The fourth-order valence-electron chi connectivity index (χ4n) is 3.36. The van der Waals surface area contributed by atoms with E-state index in [9.17, 15) is 12.8 Å². The molecule has 6 nitrogen and oxygen atoms in total. The van der Waals surface area contributed by atoms with Crippen LogP contribution in [-0.2, 0) is 16.6 Å². The monoisotopic (exact) mass is 410 g/mol. The van der Waals surface area contributed by atoms with Gasteiger partial charge in [-0.15, -0.1) is 10.2 Å². The standard InChI is InChI=1S/C21H19FN4O2S/c1-15-9-16(2)11-19(10-15)26(13-17-5-3-6-18(22)12-17)29(27,28)20-7-4-8-25-14-23-24-21(20)25/h3-12,14H,13H2,1-2H3. The molecule has 2 aromatic carbocycles. The number of benzene rings is 2. The molecule has 2 heterocycles. The normalized spacial score (nSPS) is 11.7. The number of hydrogen-bond acceptors (Lipinski definition) is 4. The second kappa shape index (κ2) is 7.29. The zero-order valence-corrected chi connectivity index (χ0v) is 16.8. The maximum absolute atomic E-state index is 13.7. The Morgan fingerprint density at radius 2 is 1.79 bits per heavy atom. The minimum atomic E-state index is -4.01. The van der Waals surface area contributed by atoms with Gasteiger partial charge >= 0.3 is 0 Å². The second-order valence-corrected chi connectivity index (χ2v) is 8.75. The molecule has 0 unspecified atom stereocenters. The van der Waals surface area contributed by atoms with E-state index in [2.05, 4.69) is 10.2 Å². The summed E-state index contributed by atoms with van der Waals surface area (Å²) in [6.07, 6.45) is 3.13. The lowest BCUT2D eigenvalue weighted by Gasteiger charge is -2.25. The van der Waals surface area contributed by atoms with Gasteiger partial charge in [0.25, 0.3) is 10.0 Å². The zero-order valence-electron chi connectivity index (χ0n) is 15.9. The highest BCUT2D eigenvalue weighted by atomic mass is 32.2. The van der Waals surface area contributed by atoms with Gasteiger partial charge in [0.15, 0.2) is 5.65 Å². The van der Waals surface area contributed by atoms with E-state index in [0.717, 1.165) is 11.1 Å². The molecule has 0 N–H and O–H groups in total. The van der Waals surface area contributed by atoms with E-state index in [1.165, 1.54) is 28.8 Å². The van der Waals surface area contributed by atoms with Crippen molar-refractivity contribution < 1.29 is 12.8 Å². The summed E-state index contributed by atoms with van der Waals surface area (Å²) >= 11 is 0. The number of anilines is 1. The summed E-state index contributed by atoms with van der Waals surface area (Å²) in [5.74, 6) is -0.417. The first-order valence-electron chi connectivity index (χ1n) is 8.98. The molecule has 0 aliphatic carbocycles. The highest BCUT2D eigenvalue weighted by Crippen LogP contribution is 2.29. The molecular formula is C21H19FN4O2S. The van der Waals surface area contributed by atoms with Gasteiger partial charge in [-0.2, -0.15) is 0 Å². The van der Waals surface area contributed by atoms with Crippen LogP contribution in [0.3, 0.4) is 0 Å². The Morgan fingerprint density at radius 3 is 2.52 bits per heavy atom. The van der Waals surface area contributed by atoms with Crippen LogP contribution in [0.25, 0.3) is 5.65 Å². The molecule has 0 spiro atoms. The number of rotatable bonds is 5. The molecule has 0 fully saturated rings. The molecule has 4 rings (SSSR count). The lowest BCUT2D eigenvalue weighted by molar-refractivity contribution is 0.590. The fourth-order valence-corrected chi connectivity index (χ4v) is 4.92. The smallest absolute Gasteiger partial charge is 0.268 e. The van der Waals surface area contributed by atoms with Crippen LogP contribution in [-0.4, -0.2) is 23.0 Å². The summed E-state index contributed by atoms with van der Waals surface area (Å²) in [4.78, 5) is 0.0352. The van der Waals surface area contributed by atoms with Crippen molar-refractivity contribution in [1.82, 2.24) is 14.6 Å². The number of hydrogen-bond donors (Lipinski definition) is 0. The van der Waals surface area contributed by atoms with Crippen LogP contribution in [0.4, 0.5) is 10.1 Å². The predicted molar refractivity (Wildman–Crippen MR) is 109 cm³/mol. The van der Waals surface area contributed by atoms with Gasteiger partial charge in [-0.25, -0.2) is 12.8 Å². The third-order valence-corrected chi connectivity index (χ3v) is 6.36. The van der Waals surface area contributed by atoms with Crippen molar-refractivity contribution in [3.63, 3.8) is 0 Å². The minimum absolute atomic E-state index is 0.0157. The Kier molecular flexibility index (Phi) is 4.79. The molecular weight excluding hydrogens is 391 g/mol. The Bertz CT molecular complexity index is 1280. The van der Waals surface area contributed by atoms with Crippen molar-refractivity contribution in [2.75, 3.05) is 4.31 Å². The number of nitrogens with zero attached hydrogens (tertiary/aromatic N) is 4. The van der Waals surface area contributed by atoms with Crippen LogP contribution in [0, 0.1) is 19.7 Å². The van der Waals surface area contributed by atoms with Gasteiger partial charge in [0.05, 0.1) is 12.2 Å². The molecule has 29 heavy (non-hydrogen) atoms. The van der Waals surface area contributed by atoms with Gasteiger partial charge < -0.3 is 0 Å². The van der Waals surface area contributed by atoms with Crippen molar-refractivity contribution in [3.8, 4) is 0 Å². The fraction of sp³-hybridized carbons (Fsp3) is 0.143. The number of fused-ring (bicyclic) bond motifs is 1. The number of pyridine rings is 1. The molecule has 0 saturated carbocycles. The molecule has 0 aliphatic heterocycles. The molecule has 148 valence electrons. The van der Waals surface area contributed by atoms with Crippen molar-refractivity contribution in [2.45, 2.75) is 25.3 Å². The first-order chi connectivity index (χ1) is 13.8. The molecule has 0 radical (unpaired) electrons. The molecule has 0 bridgehead atoms. The van der Waals surface area contributed by atoms with E-state index in [0.29, 0.717) is 11.3 Å². The van der Waals surface area contributed by atoms with E-state index >= 15 is 0 Å². The quantitative estimate of drug-likeness (QED) is 0.501. The maximum atomic E-state index is 13.7. The molecule has 0 atom stereocenters. The number of aromatic nitrogens is 3. The van der Waals surface area contributed by atoms with Crippen molar-refractivity contribution in [3.05, 3.63) is 89.6 Å². The van der Waals surface area contributed by atoms with E-state index < -0.39 is 15.8 Å². The Morgan fingerprint density at radius 1 is 1.03 bits per heavy atom. The van der Waals surface area contributed by atoms with Gasteiger partial charge in [0.2, 0.25) is 0 Å². The van der Waals surface area contributed by atoms with Gasteiger partial charge in [-0.1, -0.05) is 18.2 Å². The first-order valence-corrected chi connectivity index (χ1v) is 10.4. The number of halogens is 1. The molecule has 0 amide bonds. The largest absolute Gasteiger partial charge is 0.288 e. The third kappa shape index (κ3) is 3.71. The SMILES string of the molecule is Cc1cc(C)cc(N(Cc2cccc(F)c2)S(=O)(=O)c2cccn3cnnc23)c1. The summed E-state index contributed by atoms with van der Waals surface area (Å²) < 4.78 is 44.0.